The summed E-state index contributed by atoms with van der Waals surface area (Å²) in [4.78, 5) is 24.8. The number of nitrogens with zero attached hydrogens (tertiary/aromatic N) is 4. The molecule has 150 valence electrons. The van der Waals surface area contributed by atoms with E-state index in [1.54, 1.807) is 17.2 Å². The summed E-state index contributed by atoms with van der Waals surface area (Å²) in [6.45, 7) is 1.51. The molecule has 1 aliphatic heterocycles. The quantitative estimate of drug-likeness (QED) is 0.800. The molecule has 1 amide bonds. The average molecular weight is 392 g/mol. The molecule has 0 spiro atoms. The smallest absolute Gasteiger partial charge is 0.341 e. The van der Waals surface area contributed by atoms with Crippen LogP contribution in [0.15, 0.2) is 36.7 Å². The molecule has 0 unspecified atom stereocenters. The molecule has 5 nitrogen and oxygen atoms in total. The Morgan fingerprint density at radius 3 is 2.71 bits per heavy atom. The first-order chi connectivity index (χ1) is 13.3. The first-order valence-corrected chi connectivity index (χ1v) is 9.16. The molecule has 0 aliphatic carbocycles. The van der Waals surface area contributed by atoms with Crippen LogP contribution in [0.3, 0.4) is 0 Å². The number of likely N-dealkylation sites (N-methyl/N-ethyl adjacent to an activating group) is 1. The first kappa shape index (κ1) is 20.3. The van der Waals surface area contributed by atoms with Crippen LogP contribution >= 0.6 is 0 Å². The van der Waals surface area contributed by atoms with E-state index in [9.17, 15) is 18.0 Å². The standard InChI is InChI=1S/C20H23F3N4O/c1-26(2)13-17(28)27-10-4-6-15(12-27)19-18(24-8-9-25-19)14-5-3-7-16(11-14)20(21,22)23/h3,5,7-9,11,15H,4,6,10,12-13H2,1-2H3/t15-/m0/s1. The molecule has 0 radical (unpaired) electrons. The highest BCUT2D eigenvalue weighted by atomic mass is 19.4. The Hall–Kier alpha value is -2.48. The van der Waals surface area contributed by atoms with Gasteiger partial charge in [-0.2, -0.15) is 13.2 Å². The second-order valence-electron chi connectivity index (χ2n) is 7.29. The molecular formula is C20H23F3N4O. The van der Waals surface area contributed by atoms with Gasteiger partial charge in [0.1, 0.15) is 0 Å². The maximum atomic E-state index is 13.1. The molecule has 0 saturated carbocycles. The fourth-order valence-corrected chi connectivity index (χ4v) is 3.51. The van der Waals surface area contributed by atoms with Crippen LogP contribution in [-0.4, -0.2) is 59.4 Å². The molecule has 0 bridgehead atoms. The number of halogens is 3. The Labute approximate surface area is 162 Å². The SMILES string of the molecule is CN(C)CC(=O)N1CCC[C@H](c2nccnc2-c2cccc(C(F)(F)F)c2)C1. The molecule has 1 atom stereocenters. The van der Waals surface area contributed by atoms with E-state index in [0.717, 1.165) is 25.0 Å². The third kappa shape index (κ3) is 4.67. The van der Waals surface area contributed by atoms with E-state index >= 15 is 0 Å². The highest BCUT2D eigenvalue weighted by molar-refractivity contribution is 5.78. The van der Waals surface area contributed by atoms with Crippen molar-refractivity contribution >= 4 is 5.91 Å². The summed E-state index contributed by atoms with van der Waals surface area (Å²) in [6.07, 6.45) is 0.251. The van der Waals surface area contributed by atoms with E-state index in [1.807, 2.05) is 19.0 Å². The Balaban J connectivity index is 1.89. The molecule has 1 saturated heterocycles. The average Bonchev–Trinajstić information content (AvgIpc) is 2.67. The van der Waals surface area contributed by atoms with Gasteiger partial charge in [-0.15, -0.1) is 0 Å². The van der Waals surface area contributed by atoms with E-state index in [2.05, 4.69) is 9.97 Å². The minimum Gasteiger partial charge on any atom is -0.341 e. The fraction of sp³-hybridized carbons (Fsp3) is 0.450. The first-order valence-electron chi connectivity index (χ1n) is 9.16. The molecule has 1 fully saturated rings. The number of benzene rings is 1. The molecule has 1 aromatic carbocycles. The van der Waals surface area contributed by atoms with Crippen LogP contribution < -0.4 is 0 Å². The summed E-state index contributed by atoms with van der Waals surface area (Å²) in [5, 5.41) is 0. The molecule has 2 aromatic rings. The van der Waals surface area contributed by atoms with Crippen LogP contribution in [-0.2, 0) is 11.0 Å². The van der Waals surface area contributed by atoms with Crippen molar-refractivity contribution in [2.24, 2.45) is 0 Å². The van der Waals surface area contributed by atoms with Crippen LogP contribution in [0.1, 0.15) is 30.0 Å². The van der Waals surface area contributed by atoms with Crippen molar-refractivity contribution in [3.8, 4) is 11.3 Å². The Kier molecular flexibility index (Phi) is 5.98. The van der Waals surface area contributed by atoms with Crippen molar-refractivity contribution in [1.82, 2.24) is 19.8 Å². The number of amides is 1. The molecular weight excluding hydrogens is 369 g/mol. The second-order valence-corrected chi connectivity index (χ2v) is 7.29. The molecule has 1 aromatic heterocycles. The minimum absolute atomic E-state index is 0.0409. The van der Waals surface area contributed by atoms with Crippen LogP contribution in [0.2, 0.25) is 0 Å². The lowest BCUT2D eigenvalue weighted by Crippen LogP contribution is -2.43. The van der Waals surface area contributed by atoms with Gasteiger partial charge in [-0.05, 0) is 39.1 Å². The van der Waals surface area contributed by atoms with E-state index in [-0.39, 0.29) is 11.8 Å². The van der Waals surface area contributed by atoms with Crippen LogP contribution in [0.5, 0.6) is 0 Å². The number of hydrogen-bond acceptors (Lipinski definition) is 4. The van der Waals surface area contributed by atoms with Gasteiger partial charge >= 0.3 is 6.18 Å². The Morgan fingerprint density at radius 2 is 2.00 bits per heavy atom. The summed E-state index contributed by atoms with van der Waals surface area (Å²) < 4.78 is 39.3. The number of aromatic nitrogens is 2. The van der Waals surface area contributed by atoms with E-state index in [1.165, 1.54) is 12.3 Å². The highest BCUT2D eigenvalue weighted by Crippen LogP contribution is 2.35. The van der Waals surface area contributed by atoms with Crippen molar-refractivity contribution < 1.29 is 18.0 Å². The lowest BCUT2D eigenvalue weighted by Gasteiger charge is -2.33. The lowest BCUT2D eigenvalue weighted by atomic mass is 9.91. The van der Waals surface area contributed by atoms with Gasteiger partial charge in [-0.25, -0.2) is 0 Å². The third-order valence-corrected chi connectivity index (χ3v) is 4.80. The number of rotatable bonds is 4. The molecule has 1 aliphatic rings. The lowest BCUT2D eigenvalue weighted by molar-refractivity contribution is -0.137. The minimum atomic E-state index is -4.42. The number of piperidine rings is 1. The molecule has 3 rings (SSSR count). The van der Waals surface area contributed by atoms with Gasteiger partial charge in [0, 0.05) is 37.0 Å². The number of carbonyl (C=O) groups is 1. The van der Waals surface area contributed by atoms with Gasteiger partial charge in [0.05, 0.1) is 23.5 Å². The predicted molar refractivity (Wildman–Crippen MR) is 99.6 cm³/mol. The predicted octanol–water partition coefficient (Wildman–Crippen LogP) is 3.43. The van der Waals surface area contributed by atoms with E-state index in [0.29, 0.717) is 36.6 Å². The highest BCUT2D eigenvalue weighted by Gasteiger charge is 2.32. The number of hydrogen-bond donors (Lipinski definition) is 0. The van der Waals surface area contributed by atoms with Gasteiger partial charge in [-0.3, -0.25) is 14.8 Å². The number of alkyl halides is 3. The summed E-state index contributed by atoms with van der Waals surface area (Å²) >= 11 is 0. The monoisotopic (exact) mass is 392 g/mol. The van der Waals surface area contributed by atoms with Crippen molar-refractivity contribution in [3.05, 3.63) is 47.9 Å². The van der Waals surface area contributed by atoms with Gasteiger partial charge in [-0.1, -0.05) is 12.1 Å². The third-order valence-electron chi connectivity index (χ3n) is 4.80. The van der Waals surface area contributed by atoms with Crippen molar-refractivity contribution in [3.63, 3.8) is 0 Å². The number of carbonyl (C=O) groups excluding carboxylic acids is 1. The van der Waals surface area contributed by atoms with Gasteiger partial charge in [0.25, 0.3) is 0 Å². The van der Waals surface area contributed by atoms with Gasteiger partial charge in [0.15, 0.2) is 0 Å². The molecule has 8 heteroatoms. The van der Waals surface area contributed by atoms with Crippen LogP contribution in [0.4, 0.5) is 13.2 Å². The van der Waals surface area contributed by atoms with Crippen molar-refractivity contribution in [2.75, 3.05) is 33.7 Å². The van der Waals surface area contributed by atoms with Gasteiger partial charge in [0.2, 0.25) is 5.91 Å². The largest absolute Gasteiger partial charge is 0.416 e. The summed E-state index contributed by atoms with van der Waals surface area (Å²) in [7, 11) is 3.68. The fourth-order valence-electron chi connectivity index (χ4n) is 3.51. The zero-order chi connectivity index (χ0) is 20.3. The summed E-state index contributed by atoms with van der Waals surface area (Å²) in [5.74, 6) is -0.0164. The van der Waals surface area contributed by atoms with Crippen molar-refractivity contribution in [1.29, 1.82) is 0 Å². The van der Waals surface area contributed by atoms with Gasteiger partial charge < -0.3 is 9.80 Å². The zero-order valence-electron chi connectivity index (χ0n) is 15.9. The normalized spacial score (nSPS) is 17.8. The summed E-state index contributed by atoms with van der Waals surface area (Å²) in [6, 6.07) is 5.14. The molecule has 28 heavy (non-hydrogen) atoms. The van der Waals surface area contributed by atoms with Crippen molar-refractivity contribution in [2.45, 2.75) is 24.9 Å². The molecule has 0 N–H and O–H groups in total. The Bertz CT molecular complexity index is 838. The zero-order valence-corrected chi connectivity index (χ0v) is 15.9. The maximum absolute atomic E-state index is 13.1. The van der Waals surface area contributed by atoms with E-state index < -0.39 is 11.7 Å². The Morgan fingerprint density at radius 1 is 1.25 bits per heavy atom. The van der Waals surface area contributed by atoms with Crippen LogP contribution in [0.25, 0.3) is 11.3 Å². The second kappa shape index (κ2) is 8.26. The molecule has 2 heterocycles. The number of likely N-dealkylation sites (tertiary alicyclic amines) is 1. The summed E-state index contributed by atoms with van der Waals surface area (Å²) in [5.41, 5.74) is 0.757. The maximum Gasteiger partial charge on any atom is 0.416 e. The van der Waals surface area contributed by atoms with E-state index in [4.69, 9.17) is 0 Å². The topological polar surface area (TPSA) is 49.3 Å². The van der Waals surface area contributed by atoms with Crippen LogP contribution in [0, 0.1) is 0 Å².